The number of hydrogen-bond acceptors (Lipinski definition) is 8. The predicted octanol–water partition coefficient (Wildman–Crippen LogP) is 3.12. The van der Waals surface area contributed by atoms with Crippen LogP contribution in [0.2, 0.25) is 0 Å². The van der Waals surface area contributed by atoms with Gasteiger partial charge in [0.2, 0.25) is 0 Å². The Bertz CT molecular complexity index is 1210. The van der Waals surface area contributed by atoms with Crippen molar-refractivity contribution in [3.05, 3.63) is 56.3 Å². The summed E-state index contributed by atoms with van der Waals surface area (Å²) in [6.45, 7) is 1.89. The highest BCUT2D eigenvalue weighted by Gasteiger charge is 2.43. The van der Waals surface area contributed by atoms with Gasteiger partial charge in [-0.1, -0.05) is 15.9 Å². The molecule has 1 aromatic carbocycles. The normalized spacial score (nSPS) is 23.0. The largest absolute Gasteiger partial charge is 0.387 e. The molecule has 3 fully saturated rings. The molecule has 3 aliphatic rings. The number of morpholine rings is 1. The van der Waals surface area contributed by atoms with Gasteiger partial charge in [-0.2, -0.15) is 0 Å². The van der Waals surface area contributed by atoms with Gasteiger partial charge in [0, 0.05) is 55.7 Å². The topological polar surface area (TPSA) is 130 Å². The van der Waals surface area contributed by atoms with Crippen molar-refractivity contribution in [3.63, 3.8) is 0 Å². The van der Waals surface area contributed by atoms with Crippen LogP contribution in [0.5, 0.6) is 0 Å². The Kier molecular flexibility index (Phi) is 6.80. The zero-order valence-corrected chi connectivity index (χ0v) is 21.4. The van der Waals surface area contributed by atoms with E-state index in [0.29, 0.717) is 42.7 Å². The summed E-state index contributed by atoms with van der Waals surface area (Å²) in [7, 11) is 1.76. The summed E-state index contributed by atoms with van der Waals surface area (Å²) < 4.78 is 6.08. The van der Waals surface area contributed by atoms with Gasteiger partial charge in [0.1, 0.15) is 5.69 Å². The number of benzene rings is 1. The molecule has 3 aliphatic heterocycles. The molecule has 5 rings (SSSR count). The van der Waals surface area contributed by atoms with Crippen molar-refractivity contribution in [2.24, 2.45) is 0 Å². The number of nitrogens with one attached hydrogen (secondary N) is 2. The molecule has 2 N–H and O–H groups in total. The maximum absolute atomic E-state index is 13.6. The molecule has 0 radical (unpaired) electrons. The minimum Gasteiger partial charge on any atom is -0.387 e. The summed E-state index contributed by atoms with van der Waals surface area (Å²) >= 11 is 3.33. The van der Waals surface area contributed by atoms with E-state index in [-0.39, 0.29) is 46.9 Å². The Morgan fingerprint density at radius 1 is 1.22 bits per heavy atom. The predicted molar refractivity (Wildman–Crippen MR) is 136 cm³/mol. The van der Waals surface area contributed by atoms with Crippen molar-refractivity contribution in [2.45, 2.75) is 37.5 Å². The molecule has 11 nitrogen and oxygen atoms in total. The molecule has 0 unspecified atom stereocenters. The second kappa shape index (κ2) is 10.0. The van der Waals surface area contributed by atoms with Crippen LogP contribution in [0.15, 0.2) is 35.1 Å². The van der Waals surface area contributed by atoms with Crippen LogP contribution in [-0.2, 0) is 4.74 Å². The number of pyridine rings is 1. The van der Waals surface area contributed by atoms with Crippen molar-refractivity contribution in [1.82, 2.24) is 14.8 Å². The minimum atomic E-state index is -0.482. The van der Waals surface area contributed by atoms with E-state index in [9.17, 15) is 19.7 Å². The highest BCUT2D eigenvalue weighted by molar-refractivity contribution is 9.10. The summed E-state index contributed by atoms with van der Waals surface area (Å²) in [5, 5.41) is 18.2. The Labute approximate surface area is 216 Å². The molecule has 2 amide bonds. The fourth-order valence-corrected chi connectivity index (χ4v) is 5.67. The number of rotatable bonds is 6. The smallest absolute Gasteiger partial charge is 0.294 e. The molecule has 190 valence electrons. The molecule has 1 aromatic heterocycles. The van der Waals surface area contributed by atoms with Crippen LogP contribution in [0, 0.1) is 10.1 Å². The molecule has 12 heteroatoms. The van der Waals surface area contributed by atoms with E-state index in [2.05, 4.69) is 31.5 Å². The van der Waals surface area contributed by atoms with E-state index in [1.165, 1.54) is 12.3 Å². The van der Waals surface area contributed by atoms with Crippen molar-refractivity contribution < 1.29 is 19.2 Å². The quantitative estimate of drug-likeness (QED) is 0.408. The number of hydrogen-bond donors (Lipinski definition) is 2. The Morgan fingerprint density at radius 3 is 2.75 bits per heavy atom. The third-order valence-electron chi connectivity index (χ3n) is 7.00. The standard InChI is InChI=1S/C24H27BrN6O5/c1-26-17-5-14(9-27-10-17)23(32)29-4-2-3-16(11-29)28-22-20(6-15(25)7-21(22)31(34)35)24(33)30-12-19-8-18(30)13-36-19/h5-7,9-10,16,18-19,26,28H,2-4,8,11-13H2,1H3/t16-,18-,19-/m1/s1. The van der Waals surface area contributed by atoms with Gasteiger partial charge in [-0.05, 0) is 31.4 Å². The number of likely N-dealkylation sites (tertiary alicyclic amines) is 2. The molecule has 3 atom stereocenters. The number of aromatic nitrogens is 1. The summed E-state index contributed by atoms with van der Waals surface area (Å²) in [6.07, 6.45) is 5.41. The molecule has 0 aliphatic carbocycles. The number of carbonyl (C=O) groups is 2. The first-order valence-corrected chi connectivity index (χ1v) is 12.7. The lowest BCUT2D eigenvalue weighted by molar-refractivity contribution is -0.384. The van der Waals surface area contributed by atoms with Crippen molar-refractivity contribution in [3.8, 4) is 0 Å². The van der Waals surface area contributed by atoms with Gasteiger partial charge in [0.15, 0.2) is 0 Å². The third-order valence-corrected chi connectivity index (χ3v) is 7.46. The summed E-state index contributed by atoms with van der Waals surface area (Å²) in [4.78, 5) is 45.8. The SMILES string of the molecule is CNc1cncc(C(=O)N2CCC[C@@H](Nc3c(C(=O)N4C[C@H]5C[C@@H]4CO5)cc(Br)cc3[N+](=O)[O-])C2)c1. The van der Waals surface area contributed by atoms with Gasteiger partial charge in [-0.25, -0.2) is 0 Å². The first kappa shape index (κ1) is 24.4. The van der Waals surface area contributed by atoms with Gasteiger partial charge in [-0.15, -0.1) is 0 Å². The molecule has 0 spiro atoms. The Hall–Kier alpha value is -3.25. The van der Waals surface area contributed by atoms with Crippen molar-refractivity contribution in [1.29, 1.82) is 0 Å². The average molecular weight is 559 g/mol. The van der Waals surface area contributed by atoms with Gasteiger partial charge in [-0.3, -0.25) is 24.7 Å². The maximum Gasteiger partial charge on any atom is 0.294 e. The molecule has 2 bridgehead atoms. The maximum atomic E-state index is 13.6. The van der Waals surface area contributed by atoms with E-state index in [1.54, 1.807) is 35.2 Å². The summed E-state index contributed by atoms with van der Waals surface area (Å²) in [6, 6.07) is 4.51. The zero-order valence-electron chi connectivity index (χ0n) is 19.8. The van der Waals surface area contributed by atoms with Crippen LogP contribution in [0.1, 0.15) is 40.0 Å². The number of halogens is 1. The van der Waals surface area contributed by atoms with Gasteiger partial charge in [0.05, 0.1) is 40.5 Å². The molecular weight excluding hydrogens is 532 g/mol. The fourth-order valence-electron chi connectivity index (χ4n) is 5.22. The third kappa shape index (κ3) is 4.74. The molecular formula is C24H27BrN6O5. The van der Waals surface area contributed by atoms with Crippen LogP contribution >= 0.6 is 15.9 Å². The van der Waals surface area contributed by atoms with Crippen LogP contribution in [0.25, 0.3) is 0 Å². The molecule has 4 heterocycles. The number of carbonyl (C=O) groups excluding carboxylic acids is 2. The van der Waals surface area contributed by atoms with Crippen molar-refractivity contribution >= 4 is 44.8 Å². The number of ether oxygens (including phenoxy) is 1. The fraction of sp³-hybridized carbons (Fsp3) is 0.458. The van der Waals surface area contributed by atoms with E-state index < -0.39 is 4.92 Å². The molecule has 0 saturated carbocycles. The van der Waals surface area contributed by atoms with Crippen LogP contribution in [0.4, 0.5) is 17.1 Å². The first-order chi connectivity index (χ1) is 17.3. The highest BCUT2D eigenvalue weighted by atomic mass is 79.9. The number of amides is 2. The number of anilines is 2. The van der Waals surface area contributed by atoms with E-state index in [0.717, 1.165) is 18.5 Å². The number of fused-ring (bicyclic) bond motifs is 2. The molecule has 36 heavy (non-hydrogen) atoms. The number of nitro groups is 1. The molecule has 3 saturated heterocycles. The lowest BCUT2D eigenvalue weighted by atomic mass is 10.0. The van der Waals surface area contributed by atoms with Crippen LogP contribution < -0.4 is 10.6 Å². The van der Waals surface area contributed by atoms with Gasteiger partial charge in [0.25, 0.3) is 17.5 Å². The van der Waals surface area contributed by atoms with E-state index >= 15 is 0 Å². The van der Waals surface area contributed by atoms with Crippen LogP contribution in [-0.4, -0.2) is 83.0 Å². The summed E-state index contributed by atoms with van der Waals surface area (Å²) in [5.41, 5.74) is 1.47. The number of piperidine rings is 1. The monoisotopic (exact) mass is 558 g/mol. The van der Waals surface area contributed by atoms with Crippen LogP contribution in [0.3, 0.4) is 0 Å². The number of nitro benzene ring substituents is 1. The zero-order chi connectivity index (χ0) is 25.4. The van der Waals surface area contributed by atoms with Gasteiger partial charge < -0.3 is 25.2 Å². The van der Waals surface area contributed by atoms with E-state index in [4.69, 9.17) is 4.74 Å². The highest BCUT2D eigenvalue weighted by Crippen LogP contribution is 2.37. The second-order valence-electron chi connectivity index (χ2n) is 9.35. The molecule has 2 aromatic rings. The number of nitrogens with zero attached hydrogens (tertiary/aromatic N) is 4. The lowest BCUT2D eigenvalue weighted by Gasteiger charge is -2.34. The Balaban J connectivity index is 1.40. The van der Waals surface area contributed by atoms with E-state index in [1.807, 2.05) is 0 Å². The van der Waals surface area contributed by atoms with Crippen molar-refractivity contribution in [2.75, 3.05) is 43.9 Å². The average Bonchev–Trinajstić information content (AvgIpc) is 3.53. The lowest BCUT2D eigenvalue weighted by Crippen LogP contribution is -2.46. The van der Waals surface area contributed by atoms with Gasteiger partial charge >= 0.3 is 0 Å². The summed E-state index contributed by atoms with van der Waals surface area (Å²) in [5.74, 6) is -0.405. The first-order valence-electron chi connectivity index (χ1n) is 11.9. The second-order valence-corrected chi connectivity index (χ2v) is 10.3. The Morgan fingerprint density at radius 2 is 2.06 bits per heavy atom. The minimum absolute atomic E-state index is 0.0156.